The monoisotopic (exact) mass is 456 g/mol. The van der Waals surface area contributed by atoms with Gasteiger partial charge in [0.2, 0.25) is 0 Å². The van der Waals surface area contributed by atoms with Gasteiger partial charge in [-0.05, 0) is 49.3 Å². The molecule has 1 heterocycles. The van der Waals surface area contributed by atoms with E-state index >= 15 is 0 Å². The zero-order valence-electron chi connectivity index (χ0n) is 19.1. The number of rotatable bonds is 7. The molecule has 6 nitrogen and oxygen atoms in total. The summed E-state index contributed by atoms with van der Waals surface area (Å²) in [5, 5.41) is 11.4. The van der Waals surface area contributed by atoms with Gasteiger partial charge in [-0.25, -0.2) is 0 Å². The lowest BCUT2D eigenvalue weighted by Gasteiger charge is -2.27. The number of hydrogen-bond acceptors (Lipinski definition) is 5. The van der Waals surface area contributed by atoms with Crippen molar-refractivity contribution in [2.45, 2.75) is 25.8 Å². The lowest BCUT2D eigenvalue weighted by Crippen LogP contribution is -2.35. The van der Waals surface area contributed by atoms with E-state index in [0.717, 1.165) is 11.1 Å². The summed E-state index contributed by atoms with van der Waals surface area (Å²) < 4.78 is 5.17. The number of likely N-dealkylation sites (tertiary alicyclic amines) is 1. The molecule has 0 bridgehead atoms. The Kier molecular flexibility index (Phi) is 7.26. The number of benzene rings is 2. The first kappa shape index (κ1) is 23.8. The molecule has 0 radical (unpaired) electrons. The van der Waals surface area contributed by atoms with Crippen LogP contribution in [0.1, 0.15) is 42.5 Å². The van der Waals surface area contributed by atoms with Crippen LogP contribution in [0.15, 0.2) is 48.0 Å². The van der Waals surface area contributed by atoms with E-state index in [4.69, 9.17) is 16.3 Å². The quantitative estimate of drug-likeness (QED) is 0.378. The van der Waals surface area contributed by atoms with E-state index in [2.05, 4.69) is 13.8 Å². The summed E-state index contributed by atoms with van der Waals surface area (Å²) in [6.45, 7) is 5.15. The molecule has 1 amide bonds. The van der Waals surface area contributed by atoms with Crippen molar-refractivity contribution in [2.24, 2.45) is 0 Å². The molecule has 3 rings (SSSR count). The van der Waals surface area contributed by atoms with Crippen molar-refractivity contribution >= 4 is 29.1 Å². The predicted molar refractivity (Wildman–Crippen MR) is 126 cm³/mol. The summed E-state index contributed by atoms with van der Waals surface area (Å²) >= 11 is 6.23. The molecule has 1 saturated heterocycles. The summed E-state index contributed by atoms with van der Waals surface area (Å²) in [6, 6.07) is 11.9. The largest absolute Gasteiger partial charge is 0.507 e. The van der Waals surface area contributed by atoms with Crippen molar-refractivity contribution in [1.82, 2.24) is 9.80 Å². The fourth-order valence-electron chi connectivity index (χ4n) is 3.80. The second-order valence-corrected chi connectivity index (χ2v) is 8.87. The van der Waals surface area contributed by atoms with Crippen LogP contribution >= 0.6 is 11.6 Å². The van der Waals surface area contributed by atoms with Crippen LogP contribution in [0.25, 0.3) is 5.76 Å². The van der Waals surface area contributed by atoms with E-state index in [1.54, 1.807) is 12.1 Å². The average Bonchev–Trinajstić information content (AvgIpc) is 3.01. The number of carbonyl (C=O) groups excluding carboxylic acids is 2. The second kappa shape index (κ2) is 9.76. The molecule has 0 aliphatic carbocycles. The van der Waals surface area contributed by atoms with Gasteiger partial charge < -0.3 is 19.6 Å². The highest BCUT2D eigenvalue weighted by molar-refractivity contribution is 6.46. The first-order chi connectivity index (χ1) is 15.1. The van der Waals surface area contributed by atoms with E-state index in [1.165, 1.54) is 18.1 Å². The molecule has 0 spiro atoms. The third-order valence-electron chi connectivity index (χ3n) is 5.67. The van der Waals surface area contributed by atoms with Crippen LogP contribution < -0.4 is 4.74 Å². The molecule has 1 fully saturated rings. The topological polar surface area (TPSA) is 70.1 Å². The lowest BCUT2D eigenvalue weighted by molar-refractivity contribution is -0.140. The Hall–Kier alpha value is -2.83. The molecule has 1 aliphatic rings. The van der Waals surface area contributed by atoms with Gasteiger partial charge in [0.15, 0.2) is 0 Å². The van der Waals surface area contributed by atoms with E-state index in [9.17, 15) is 14.7 Å². The Bertz CT molecular complexity index is 1040. The number of ketones is 1. The van der Waals surface area contributed by atoms with E-state index in [0.29, 0.717) is 35.3 Å². The minimum Gasteiger partial charge on any atom is -0.507 e. The van der Waals surface area contributed by atoms with Crippen molar-refractivity contribution in [3.8, 4) is 5.75 Å². The average molecular weight is 457 g/mol. The van der Waals surface area contributed by atoms with Crippen molar-refractivity contribution < 1.29 is 19.4 Å². The number of ether oxygens (including phenoxy) is 1. The van der Waals surface area contributed by atoms with Crippen molar-refractivity contribution in [3.05, 3.63) is 69.8 Å². The van der Waals surface area contributed by atoms with Crippen LogP contribution in [0.5, 0.6) is 5.75 Å². The molecule has 0 unspecified atom stereocenters. The van der Waals surface area contributed by atoms with E-state index in [-0.39, 0.29) is 11.3 Å². The highest BCUT2D eigenvalue weighted by Gasteiger charge is 2.45. The number of nitrogens with zero attached hydrogens (tertiary/aromatic N) is 2. The standard InChI is InChI=1S/C25H29ClN2O4/c1-15(2)16-6-8-17(9-7-16)22-21(24(30)25(31)28(22)13-12-27(3)4)23(29)18-10-11-20(32-5)19(26)14-18/h6-11,14-15,22,29H,12-13H2,1-5H3/t22-/m0/s1. The van der Waals surface area contributed by atoms with Gasteiger partial charge in [0.25, 0.3) is 11.7 Å². The normalized spacial score (nSPS) is 18.1. The molecular formula is C25H29ClN2O4. The van der Waals surface area contributed by atoms with Gasteiger partial charge in [-0.3, -0.25) is 9.59 Å². The summed E-state index contributed by atoms with van der Waals surface area (Å²) in [4.78, 5) is 29.5. The Labute approximate surface area is 194 Å². The maximum Gasteiger partial charge on any atom is 0.295 e. The predicted octanol–water partition coefficient (Wildman–Crippen LogP) is 4.46. The Morgan fingerprint density at radius 3 is 2.34 bits per heavy atom. The van der Waals surface area contributed by atoms with Crippen molar-refractivity contribution in [3.63, 3.8) is 0 Å². The first-order valence-corrected chi connectivity index (χ1v) is 10.9. The fraction of sp³-hybridized carbons (Fsp3) is 0.360. The number of halogens is 1. The Morgan fingerprint density at radius 2 is 1.81 bits per heavy atom. The molecule has 170 valence electrons. The molecule has 7 heteroatoms. The van der Waals surface area contributed by atoms with E-state index in [1.807, 2.05) is 43.3 Å². The Morgan fingerprint density at radius 1 is 1.16 bits per heavy atom. The maximum absolute atomic E-state index is 13.1. The number of likely N-dealkylation sites (N-methyl/N-ethyl adjacent to an activating group) is 1. The van der Waals surface area contributed by atoms with Crippen molar-refractivity contribution in [1.29, 1.82) is 0 Å². The third-order valence-corrected chi connectivity index (χ3v) is 5.97. The number of Topliss-reactive ketones (excluding diaryl/α,β-unsaturated/α-hetero) is 1. The SMILES string of the molecule is COc1ccc(C(O)=C2C(=O)C(=O)N(CCN(C)C)[C@H]2c2ccc(C(C)C)cc2)cc1Cl. The molecule has 1 aliphatic heterocycles. The van der Waals surface area contributed by atoms with Crippen molar-refractivity contribution in [2.75, 3.05) is 34.3 Å². The molecule has 0 saturated carbocycles. The number of methoxy groups -OCH3 is 1. The zero-order chi connectivity index (χ0) is 23.6. The minimum absolute atomic E-state index is 0.0623. The van der Waals surface area contributed by atoms with Crippen LogP contribution in [-0.2, 0) is 9.59 Å². The van der Waals surface area contributed by atoms with Gasteiger partial charge in [-0.2, -0.15) is 0 Å². The third kappa shape index (κ3) is 4.66. The highest BCUT2D eigenvalue weighted by Crippen LogP contribution is 2.40. The highest BCUT2D eigenvalue weighted by atomic mass is 35.5. The summed E-state index contributed by atoms with van der Waals surface area (Å²) in [6.07, 6.45) is 0. The van der Waals surface area contributed by atoms with Gasteiger partial charge in [-0.15, -0.1) is 0 Å². The number of amides is 1. The van der Waals surface area contributed by atoms with E-state index < -0.39 is 17.7 Å². The fourth-order valence-corrected chi connectivity index (χ4v) is 4.06. The van der Waals surface area contributed by atoms with Gasteiger partial charge in [0, 0.05) is 18.7 Å². The van der Waals surface area contributed by atoms with Crippen LogP contribution in [0, 0.1) is 0 Å². The molecular weight excluding hydrogens is 428 g/mol. The van der Waals surface area contributed by atoms with Crippen LogP contribution in [0.3, 0.4) is 0 Å². The Balaban J connectivity index is 2.14. The minimum atomic E-state index is -0.703. The zero-order valence-corrected chi connectivity index (χ0v) is 19.8. The summed E-state index contributed by atoms with van der Waals surface area (Å²) in [5.41, 5.74) is 2.34. The number of hydrogen-bond donors (Lipinski definition) is 1. The van der Waals surface area contributed by atoms with Gasteiger partial charge >= 0.3 is 0 Å². The number of aliphatic hydroxyl groups is 1. The molecule has 2 aromatic rings. The first-order valence-electron chi connectivity index (χ1n) is 10.5. The summed E-state index contributed by atoms with van der Waals surface area (Å²) in [7, 11) is 5.31. The molecule has 0 aromatic heterocycles. The van der Waals surface area contributed by atoms with Crippen LogP contribution in [-0.4, -0.2) is 60.9 Å². The number of carbonyl (C=O) groups is 2. The number of aliphatic hydroxyl groups excluding tert-OH is 1. The maximum atomic E-state index is 13.1. The van der Waals surface area contributed by atoms with Gasteiger partial charge in [0.05, 0.1) is 23.7 Å². The summed E-state index contributed by atoms with van der Waals surface area (Å²) in [5.74, 6) is -0.767. The van der Waals surface area contributed by atoms with Crippen LogP contribution in [0.4, 0.5) is 0 Å². The van der Waals surface area contributed by atoms with Gasteiger partial charge in [-0.1, -0.05) is 49.7 Å². The smallest absolute Gasteiger partial charge is 0.295 e. The lowest BCUT2D eigenvalue weighted by atomic mass is 9.93. The molecule has 2 aromatic carbocycles. The van der Waals surface area contributed by atoms with Crippen LogP contribution in [0.2, 0.25) is 5.02 Å². The van der Waals surface area contributed by atoms with Gasteiger partial charge in [0.1, 0.15) is 11.5 Å². The second-order valence-electron chi connectivity index (χ2n) is 8.47. The molecule has 1 N–H and O–H groups in total. The molecule has 32 heavy (non-hydrogen) atoms. The molecule has 1 atom stereocenters.